The molecule has 104 valence electrons. The zero-order valence-electron chi connectivity index (χ0n) is 12.3. The molecule has 0 saturated heterocycles. The number of fused-ring (bicyclic) bond motifs is 6. The SMILES string of the molecule is C[C@]12CCC[C@@H]1[C@H]1C[C@H]3C=CC[C@@](C)(C3=O)[C@H]1CC2. The average molecular weight is 258 g/mol. The molecule has 2 bridgehead atoms. The van der Waals surface area contributed by atoms with Crippen molar-refractivity contribution >= 4 is 5.78 Å². The minimum Gasteiger partial charge on any atom is -0.298 e. The molecule has 0 spiro atoms. The van der Waals surface area contributed by atoms with Gasteiger partial charge in [0, 0.05) is 11.3 Å². The van der Waals surface area contributed by atoms with Crippen LogP contribution in [0.1, 0.15) is 58.8 Å². The molecular formula is C18H26O. The van der Waals surface area contributed by atoms with Crippen molar-refractivity contribution in [2.45, 2.75) is 58.8 Å². The number of rotatable bonds is 0. The molecular weight excluding hydrogens is 232 g/mol. The van der Waals surface area contributed by atoms with Crippen LogP contribution >= 0.6 is 0 Å². The zero-order valence-corrected chi connectivity index (χ0v) is 12.3. The molecule has 3 saturated carbocycles. The van der Waals surface area contributed by atoms with E-state index in [1.54, 1.807) is 0 Å². The second-order valence-electron chi connectivity index (χ2n) is 8.22. The van der Waals surface area contributed by atoms with Crippen LogP contribution in [-0.4, -0.2) is 5.78 Å². The lowest BCUT2D eigenvalue weighted by molar-refractivity contribution is -0.149. The van der Waals surface area contributed by atoms with Crippen molar-refractivity contribution in [2.24, 2.45) is 34.5 Å². The molecule has 0 aromatic rings. The second kappa shape index (κ2) is 3.74. The van der Waals surface area contributed by atoms with E-state index in [2.05, 4.69) is 26.0 Å². The molecule has 0 aromatic carbocycles. The third-order valence-electron chi connectivity index (χ3n) is 7.37. The van der Waals surface area contributed by atoms with Crippen molar-refractivity contribution in [3.63, 3.8) is 0 Å². The summed E-state index contributed by atoms with van der Waals surface area (Å²) in [6.07, 6.45) is 13.7. The van der Waals surface area contributed by atoms with E-state index in [0.29, 0.717) is 17.1 Å². The van der Waals surface area contributed by atoms with Crippen molar-refractivity contribution in [1.82, 2.24) is 0 Å². The van der Waals surface area contributed by atoms with E-state index >= 15 is 0 Å². The van der Waals surface area contributed by atoms with E-state index in [4.69, 9.17) is 0 Å². The van der Waals surface area contributed by atoms with Gasteiger partial charge in [-0.15, -0.1) is 0 Å². The molecule has 0 heterocycles. The number of hydrogen-bond acceptors (Lipinski definition) is 1. The zero-order chi connectivity index (χ0) is 13.3. The molecule has 0 aliphatic heterocycles. The highest BCUT2D eigenvalue weighted by molar-refractivity contribution is 5.90. The van der Waals surface area contributed by atoms with E-state index < -0.39 is 0 Å². The minimum absolute atomic E-state index is 0.0216. The first kappa shape index (κ1) is 12.2. The maximum atomic E-state index is 12.7. The van der Waals surface area contributed by atoms with Gasteiger partial charge < -0.3 is 0 Å². The number of ketones is 1. The van der Waals surface area contributed by atoms with E-state index in [1.807, 2.05) is 0 Å². The topological polar surface area (TPSA) is 17.1 Å². The maximum Gasteiger partial charge on any atom is 0.146 e. The molecule has 0 N–H and O–H groups in total. The Hall–Kier alpha value is -0.590. The van der Waals surface area contributed by atoms with Gasteiger partial charge >= 0.3 is 0 Å². The normalized spacial score (nSPS) is 55.8. The Morgan fingerprint density at radius 2 is 2.00 bits per heavy atom. The van der Waals surface area contributed by atoms with Gasteiger partial charge in [0.1, 0.15) is 5.78 Å². The summed E-state index contributed by atoms with van der Waals surface area (Å²) in [5.74, 6) is 3.24. The summed E-state index contributed by atoms with van der Waals surface area (Å²) < 4.78 is 0. The largest absolute Gasteiger partial charge is 0.298 e. The third-order valence-corrected chi connectivity index (χ3v) is 7.37. The summed E-state index contributed by atoms with van der Waals surface area (Å²) in [6, 6.07) is 0. The van der Waals surface area contributed by atoms with Crippen LogP contribution in [0.2, 0.25) is 0 Å². The van der Waals surface area contributed by atoms with Crippen molar-refractivity contribution in [3.05, 3.63) is 12.2 Å². The lowest BCUT2D eigenvalue weighted by Gasteiger charge is -2.57. The van der Waals surface area contributed by atoms with Gasteiger partial charge in [0.2, 0.25) is 0 Å². The second-order valence-corrected chi connectivity index (χ2v) is 8.22. The molecule has 4 rings (SSSR count). The molecule has 6 atom stereocenters. The highest BCUT2D eigenvalue weighted by atomic mass is 16.1. The Balaban J connectivity index is 1.75. The van der Waals surface area contributed by atoms with Gasteiger partial charge in [-0.2, -0.15) is 0 Å². The van der Waals surface area contributed by atoms with Gasteiger partial charge in [-0.1, -0.05) is 32.4 Å². The lowest BCUT2D eigenvalue weighted by Crippen LogP contribution is -2.54. The van der Waals surface area contributed by atoms with Crippen LogP contribution in [0.5, 0.6) is 0 Å². The number of hydrogen-bond donors (Lipinski definition) is 0. The Labute approximate surface area is 116 Å². The van der Waals surface area contributed by atoms with Gasteiger partial charge in [0.05, 0.1) is 0 Å². The van der Waals surface area contributed by atoms with Crippen molar-refractivity contribution in [1.29, 1.82) is 0 Å². The minimum atomic E-state index is -0.0216. The Bertz CT molecular complexity index is 451. The molecule has 0 unspecified atom stereocenters. The van der Waals surface area contributed by atoms with Gasteiger partial charge in [0.15, 0.2) is 0 Å². The fourth-order valence-corrected chi connectivity index (χ4v) is 6.30. The number of carbonyl (C=O) groups is 1. The van der Waals surface area contributed by atoms with Crippen LogP contribution in [0.25, 0.3) is 0 Å². The van der Waals surface area contributed by atoms with Crippen LogP contribution in [0, 0.1) is 34.5 Å². The summed E-state index contributed by atoms with van der Waals surface area (Å²) >= 11 is 0. The van der Waals surface area contributed by atoms with Crippen molar-refractivity contribution in [3.8, 4) is 0 Å². The van der Waals surface area contributed by atoms with E-state index in [-0.39, 0.29) is 11.3 Å². The van der Waals surface area contributed by atoms with Crippen LogP contribution < -0.4 is 0 Å². The van der Waals surface area contributed by atoms with E-state index in [0.717, 1.165) is 24.7 Å². The molecule has 0 amide bonds. The molecule has 0 radical (unpaired) electrons. The molecule has 19 heavy (non-hydrogen) atoms. The molecule has 0 aromatic heterocycles. The average Bonchev–Trinajstić information content (AvgIpc) is 2.75. The standard InChI is InChI=1S/C18H26O/c1-17-8-4-6-14(17)13-11-12-5-3-9-18(2,16(12)19)15(13)7-10-17/h3,5,12-15H,4,6-11H2,1-2H3/t12-,13-,14-,15+,17-,18-/m1/s1. The van der Waals surface area contributed by atoms with Gasteiger partial charge in [-0.3, -0.25) is 4.79 Å². The first-order valence-electron chi connectivity index (χ1n) is 8.26. The number of Topliss-reactive ketones (excluding diaryl/α,β-unsaturated/α-hetero) is 1. The van der Waals surface area contributed by atoms with Crippen LogP contribution in [-0.2, 0) is 4.79 Å². The molecule has 4 aliphatic carbocycles. The third kappa shape index (κ3) is 1.45. The first-order chi connectivity index (χ1) is 9.05. The fourth-order valence-electron chi connectivity index (χ4n) is 6.30. The first-order valence-corrected chi connectivity index (χ1v) is 8.26. The predicted octanol–water partition coefficient (Wildman–Crippen LogP) is 4.37. The summed E-state index contributed by atoms with van der Waals surface area (Å²) in [6.45, 7) is 4.81. The summed E-state index contributed by atoms with van der Waals surface area (Å²) in [5.41, 5.74) is 0.585. The lowest BCUT2D eigenvalue weighted by atomic mass is 9.46. The molecule has 1 nitrogen and oxygen atoms in total. The monoisotopic (exact) mass is 258 g/mol. The summed E-state index contributed by atoms with van der Waals surface area (Å²) in [5, 5.41) is 0. The van der Waals surface area contributed by atoms with Crippen LogP contribution in [0.15, 0.2) is 12.2 Å². The number of allylic oxidation sites excluding steroid dienone is 2. The van der Waals surface area contributed by atoms with E-state index in [1.165, 1.54) is 32.1 Å². The molecule has 3 fully saturated rings. The maximum absolute atomic E-state index is 12.7. The Morgan fingerprint density at radius 3 is 2.84 bits per heavy atom. The summed E-state index contributed by atoms with van der Waals surface area (Å²) in [4.78, 5) is 12.7. The Kier molecular flexibility index (Phi) is 2.40. The quantitative estimate of drug-likeness (QED) is 0.589. The van der Waals surface area contributed by atoms with Gasteiger partial charge in [-0.05, 0) is 61.7 Å². The smallest absolute Gasteiger partial charge is 0.146 e. The highest BCUT2D eigenvalue weighted by Gasteiger charge is 2.59. The molecule has 4 aliphatic rings. The van der Waals surface area contributed by atoms with Gasteiger partial charge in [-0.25, -0.2) is 0 Å². The molecule has 1 heteroatoms. The van der Waals surface area contributed by atoms with Crippen LogP contribution in [0.4, 0.5) is 0 Å². The van der Waals surface area contributed by atoms with Crippen LogP contribution in [0.3, 0.4) is 0 Å². The highest BCUT2D eigenvalue weighted by Crippen LogP contribution is 2.64. The Morgan fingerprint density at radius 1 is 1.16 bits per heavy atom. The fraction of sp³-hybridized carbons (Fsp3) is 0.833. The van der Waals surface area contributed by atoms with Gasteiger partial charge in [0.25, 0.3) is 0 Å². The number of carbonyl (C=O) groups excluding carboxylic acids is 1. The van der Waals surface area contributed by atoms with E-state index in [9.17, 15) is 4.79 Å². The predicted molar refractivity (Wildman–Crippen MR) is 76.6 cm³/mol. The van der Waals surface area contributed by atoms with Crippen molar-refractivity contribution in [2.75, 3.05) is 0 Å². The van der Waals surface area contributed by atoms with Crippen molar-refractivity contribution < 1.29 is 4.79 Å². The summed E-state index contributed by atoms with van der Waals surface area (Å²) in [7, 11) is 0.